The van der Waals surface area contributed by atoms with Gasteiger partial charge in [0.05, 0.1) is 12.7 Å². The van der Waals surface area contributed by atoms with E-state index < -0.39 is 37.1 Å². The zero-order valence-electron chi connectivity index (χ0n) is 17.1. The van der Waals surface area contributed by atoms with Crippen molar-refractivity contribution in [3.63, 3.8) is 0 Å². The van der Waals surface area contributed by atoms with E-state index in [1.807, 2.05) is 25.1 Å². The van der Waals surface area contributed by atoms with Crippen LogP contribution in [0.4, 0.5) is 0 Å². The summed E-state index contributed by atoms with van der Waals surface area (Å²) < 4.78 is 11.5. The molecule has 2 saturated heterocycles. The summed E-state index contributed by atoms with van der Waals surface area (Å²) in [5.41, 5.74) is 5.30. The summed E-state index contributed by atoms with van der Waals surface area (Å²) in [5, 5.41) is 40.0. The van der Waals surface area contributed by atoms with Crippen molar-refractivity contribution in [2.24, 2.45) is 0 Å². The molecule has 0 saturated carbocycles. The van der Waals surface area contributed by atoms with Crippen molar-refractivity contribution < 1.29 is 29.9 Å². The summed E-state index contributed by atoms with van der Waals surface area (Å²) >= 11 is 0. The lowest BCUT2D eigenvalue weighted by Gasteiger charge is -2.40. The molecule has 2 fully saturated rings. The Balaban J connectivity index is 1.53. The van der Waals surface area contributed by atoms with Gasteiger partial charge in [0, 0.05) is 6.61 Å². The third-order valence-electron chi connectivity index (χ3n) is 6.27. The lowest BCUT2D eigenvalue weighted by molar-refractivity contribution is -0.231. The molecule has 0 amide bonds. The van der Waals surface area contributed by atoms with Gasteiger partial charge in [-0.25, -0.2) is 0 Å². The lowest BCUT2D eigenvalue weighted by Crippen LogP contribution is -2.55. The zero-order valence-corrected chi connectivity index (χ0v) is 17.1. The zero-order chi connectivity index (χ0) is 21.3. The van der Waals surface area contributed by atoms with E-state index in [1.165, 1.54) is 11.1 Å². The van der Waals surface area contributed by atoms with Crippen LogP contribution >= 0.6 is 0 Å². The summed E-state index contributed by atoms with van der Waals surface area (Å²) in [5.74, 6) is 0. The molecule has 4 N–H and O–H groups in total. The van der Waals surface area contributed by atoms with Gasteiger partial charge >= 0.3 is 0 Å². The Morgan fingerprint density at radius 1 is 0.933 bits per heavy atom. The Labute approximate surface area is 176 Å². The molecule has 2 heterocycles. The van der Waals surface area contributed by atoms with E-state index in [-0.39, 0.29) is 6.10 Å². The van der Waals surface area contributed by atoms with Gasteiger partial charge in [0.15, 0.2) is 0 Å². The number of benzene rings is 2. The third kappa shape index (κ3) is 4.30. The Morgan fingerprint density at radius 3 is 2.33 bits per heavy atom. The Kier molecular flexibility index (Phi) is 6.53. The van der Waals surface area contributed by atoms with Crippen LogP contribution in [0.25, 0.3) is 0 Å². The maximum Gasteiger partial charge on any atom is 0.113 e. The van der Waals surface area contributed by atoms with Gasteiger partial charge < -0.3 is 29.9 Å². The van der Waals surface area contributed by atoms with Crippen molar-refractivity contribution in [3.8, 4) is 0 Å². The normalized spacial score (nSPS) is 31.8. The highest BCUT2D eigenvalue weighted by molar-refractivity contribution is 5.38. The fraction of sp³-hybridized carbons (Fsp3) is 0.500. The molecule has 1 unspecified atom stereocenters. The second-order valence-electron chi connectivity index (χ2n) is 8.36. The van der Waals surface area contributed by atoms with Crippen LogP contribution in [0, 0.1) is 6.92 Å². The molecule has 2 aromatic carbocycles. The van der Waals surface area contributed by atoms with E-state index in [0.717, 1.165) is 37.0 Å². The first-order chi connectivity index (χ1) is 14.5. The van der Waals surface area contributed by atoms with Crippen LogP contribution in [0.3, 0.4) is 0 Å². The Bertz CT molecular complexity index is 843. The van der Waals surface area contributed by atoms with Crippen LogP contribution in [0.5, 0.6) is 0 Å². The average Bonchev–Trinajstić information content (AvgIpc) is 3.30. The molecule has 0 aliphatic carbocycles. The highest BCUT2D eigenvalue weighted by Crippen LogP contribution is 2.34. The van der Waals surface area contributed by atoms with Gasteiger partial charge in [0.25, 0.3) is 0 Å². The number of ether oxygens (including phenoxy) is 2. The molecule has 0 radical (unpaired) electrons. The summed E-state index contributed by atoms with van der Waals surface area (Å²) in [6.45, 7) is 2.43. The molecular formula is C24H30O6. The van der Waals surface area contributed by atoms with Crippen molar-refractivity contribution in [1.82, 2.24) is 0 Å². The molecule has 2 aliphatic rings. The number of aryl methyl sites for hydroxylation is 1. The fourth-order valence-electron chi connectivity index (χ4n) is 4.35. The monoisotopic (exact) mass is 414 g/mol. The van der Waals surface area contributed by atoms with E-state index in [9.17, 15) is 20.4 Å². The molecule has 2 aromatic rings. The SMILES string of the molecule is Cc1ccc([C@@H]2O[C@H](CO)[C@@H](O)[C@H](O)[C@H]2O)cc1Cc1ccc(C2CCCO2)cc1. The summed E-state index contributed by atoms with van der Waals surface area (Å²) in [7, 11) is 0. The van der Waals surface area contributed by atoms with Crippen LogP contribution in [0.2, 0.25) is 0 Å². The standard InChI is InChI=1S/C24H30O6/c1-14-4-7-17(24-23(28)22(27)21(26)20(13-25)30-24)12-18(14)11-15-5-8-16(9-6-15)19-3-2-10-29-19/h4-9,12,19-28H,2-3,10-11,13H2,1H3/t19?,20-,21-,22+,23-,24+/m1/s1. The van der Waals surface area contributed by atoms with Crippen LogP contribution in [-0.4, -0.2) is 58.1 Å². The number of aliphatic hydroxyl groups is 4. The second kappa shape index (κ2) is 9.14. The van der Waals surface area contributed by atoms with Gasteiger partial charge in [-0.3, -0.25) is 0 Å². The minimum atomic E-state index is -1.38. The summed E-state index contributed by atoms with van der Waals surface area (Å²) in [4.78, 5) is 0. The molecule has 30 heavy (non-hydrogen) atoms. The van der Waals surface area contributed by atoms with E-state index in [0.29, 0.717) is 5.56 Å². The van der Waals surface area contributed by atoms with E-state index in [2.05, 4.69) is 24.3 Å². The van der Waals surface area contributed by atoms with Crippen LogP contribution < -0.4 is 0 Å². The molecule has 0 bridgehead atoms. The van der Waals surface area contributed by atoms with Gasteiger partial charge in [-0.15, -0.1) is 0 Å². The lowest BCUT2D eigenvalue weighted by atomic mass is 9.89. The van der Waals surface area contributed by atoms with Gasteiger partial charge in [-0.1, -0.05) is 42.5 Å². The molecule has 0 spiro atoms. The number of hydrogen-bond acceptors (Lipinski definition) is 6. The minimum absolute atomic E-state index is 0.204. The number of aliphatic hydroxyl groups excluding tert-OH is 4. The first kappa shape index (κ1) is 21.4. The highest BCUT2D eigenvalue weighted by atomic mass is 16.5. The number of hydrogen-bond donors (Lipinski definition) is 4. The topological polar surface area (TPSA) is 99.4 Å². The average molecular weight is 414 g/mol. The molecule has 6 heteroatoms. The Hall–Kier alpha value is -1.80. The molecule has 0 aromatic heterocycles. The van der Waals surface area contributed by atoms with E-state index in [4.69, 9.17) is 9.47 Å². The van der Waals surface area contributed by atoms with Crippen molar-refractivity contribution in [3.05, 3.63) is 70.3 Å². The molecule has 2 aliphatic heterocycles. The molecule has 162 valence electrons. The van der Waals surface area contributed by atoms with Crippen molar-refractivity contribution in [2.75, 3.05) is 13.2 Å². The fourth-order valence-corrected chi connectivity index (χ4v) is 4.35. The first-order valence-electron chi connectivity index (χ1n) is 10.6. The van der Waals surface area contributed by atoms with Crippen LogP contribution in [-0.2, 0) is 15.9 Å². The largest absolute Gasteiger partial charge is 0.394 e. The van der Waals surface area contributed by atoms with Crippen molar-refractivity contribution in [2.45, 2.75) is 62.8 Å². The number of rotatable bonds is 5. The Morgan fingerprint density at radius 2 is 1.67 bits per heavy atom. The molecule has 4 rings (SSSR count). The minimum Gasteiger partial charge on any atom is -0.394 e. The highest BCUT2D eigenvalue weighted by Gasteiger charge is 2.43. The smallest absolute Gasteiger partial charge is 0.113 e. The summed E-state index contributed by atoms with van der Waals surface area (Å²) in [6, 6.07) is 14.3. The van der Waals surface area contributed by atoms with E-state index >= 15 is 0 Å². The molecule has 6 nitrogen and oxygen atoms in total. The van der Waals surface area contributed by atoms with Gasteiger partial charge in [-0.05, 0) is 54.0 Å². The molecular weight excluding hydrogens is 384 g/mol. The van der Waals surface area contributed by atoms with Crippen molar-refractivity contribution in [1.29, 1.82) is 0 Å². The van der Waals surface area contributed by atoms with E-state index in [1.54, 1.807) is 0 Å². The molecule has 6 atom stereocenters. The predicted molar refractivity (Wildman–Crippen MR) is 111 cm³/mol. The predicted octanol–water partition coefficient (Wildman–Crippen LogP) is 1.95. The van der Waals surface area contributed by atoms with Crippen molar-refractivity contribution >= 4 is 0 Å². The van der Waals surface area contributed by atoms with Gasteiger partial charge in [0.1, 0.15) is 30.5 Å². The van der Waals surface area contributed by atoms with Gasteiger partial charge in [-0.2, -0.15) is 0 Å². The first-order valence-corrected chi connectivity index (χ1v) is 10.6. The summed E-state index contributed by atoms with van der Waals surface area (Å²) in [6.07, 6.45) is -2.63. The van der Waals surface area contributed by atoms with Crippen LogP contribution in [0.1, 0.15) is 52.9 Å². The quantitative estimate of drug-likeness (QED) is 0.597. The second-order valence-corrected chi connectivity index (χ2v) is 8.36. The van der Waals surface area contributed by atoms with Crippen LogP contribution in [0.15, 0.2) is 42.5 Å². The maximum absolute atomic E-state index is 10.4. The maximum atomic E-state index is 10.4. The van der Waals surface area contributed by atoms with Gasteiger partial charge in [0.2, 0.25) is 0 Å². The third-order valence-corrected chi connectivity index (χ3v) is 6.27.